The molecule has 0 radical (unpaired) electrons. The lowest BCUT2D eigenvalue weighted by molar-refractivity contribution is -0.123. The number of hydrogen-bond acceptors (Lipinski definition) is 2. The van der Waals surface area contributed by atoms with E-state index in [-0.39, 0.29) is 11.9 Å². The molecule has 1 aliphatic rings. The first-order chi connectivity index (χ1) is 6.18. The summed E-state index contributed by atoms with van der Waals surface area (Å²) in [6.07, 6.45) is 0. The molecule has 68 valence electrons. The number of β-lactam (4-membered cyclic amide) rings is 1. The van der Waals surface area contributed by atoms with Crippen LogP contribution in [0.4, 0.5) is 5.69 Å². The highest BCUT2D eigenvalue weighted by Crippen LogP contribution is 2.22. The van der Waals surface area contributed by atoms with Crippen molar-refractivity contribution in [2.75, 3.05) is 11.4 Å². The molecule has 1 heterocycles. The summed E-state index contributed by atoms with van der Waals surface area (Å²) in [4.78, 5) is 12.9. The Balaban J connectivity index is 2.19. The van der Waals surface area contributed by atoms with Gasteiger partial charge in [-0.15, -0.1) is 0 Å². The Morgan fingerprint density at radius 3 is 2.46 bits per heavy atom. The first-order valence-corrected chi connectivity index (χ1v) is 4.39. The number of carbonyl (C=O) groups excluding carboxylic acids is 1. The molecule has 1 aliphatic heterocycles. The zero-order valence-electron chi connectivity index (χ0n) is 6.90. The number of nitrogens with zero attached hydrogens (tertiary/aromatic N) is 1. The molecule has 0 bridgehead atoms. The fourth-order valence-electron chi connectivity index (χ4n) is 1.31. The minimum Gasteiger partial charge on any atom is -0.318 e. The van der Waals surface area contributed by atoms with E-state index in [1.807, 2.05) is 12.1 Å². The lowest BCUT2D eigenvalue weighted by atomic mass is 10.1. The summed E-state index contributed by atoms with van der Waals surface area (Å²) in [7, 11) is 0. The summed E-state index contributed by atoms with van der Waals surface area (Å²) in [6, 6.07) is 6.82. The molecular weight excluding hydrogens is 188 g/mol. The van der Waals surface area contributed by atoms with Crippen LogP contribution in [0.1, 0.15) is 0 Å². The molecule has 1 unspecified atom stereocenters. The van der Waals surface area contributed by atoms with Gasteiger partial charge in [0, 0.05) is 10.7 Å². The van der Waals surface area contributed by atoms with Crippen LogP contribution in [0.25, 0.3) is 0 Å². The molecule has 3 nitrogen and oxygen atoms in total. The third-order valence-corrected chi connectivity index (χ3v) is 2.35. The molecule has 1 aromatic carbocycles. The van der Waals surface area contributed by atoms with Crippen molar-refractivity contribution >= 4 is 23.2 Å². The SMILES string of the molecule is NC1CN(c2ccc(Cl)cc2)C1=O. The fourth-order valence-corrected chi connectivity index (χ4v) is 1.43. The van der Waals surface area contributed by atoms with Crippen molar-refractivity contribution in [2.45, 2.75) is 6.04 Å². The Bertz CT molecular complexity index is 336. The largest absolute Gasteiger partial charge is 0.318 e. The first kappa shape index (κ1) is 8.53. The number of rotatable bonds is 1. The van der Waals surface area contributed by atoms with Crippen molar-refractivity contribution in [1.82, 2.24) is 0 Å². The Labute approximate surface area is 81.1 Å². The second-order valence-corrected chi connectivity index (χ2v) is 3.47. The molecule has 1 fully saturated rings. The lowest BCUT2D eigenvalue weighted by Gasteiger charge is -2.36. The van der Waals surface area contributed by atoms with Gasteiger partial charge in [0.05, 0.1) is 6.54 Å². The molecule has 0 aromatic heterocycles. The number of nitrogens with two attached hydrogens (primary N) is 1. The van der Waals surface area contributed by atoms with Gasteiger partial charge in [0.25, 0.3) is 0 Å². The molecule has 2 rings (SSSR count). The van der Waals surface area contributed by atoms with E-state index in [0.29, 0.717) is 11.6 Å². The molecule has 2 N–H and O–H groups in total. The molecule has 0 aliphatic carbocycles. The van der Waals surface area contributed by atoms with Crippen LogP contribution < -0.4 is 10.6 Å². The van der Waals surface area contributed by atoms with Crippen molar-refractivity contribution in [1.29, 1.82) is 0 Å². The zero-order valence-corrected chi connectivity index (χ0v) is 7.66. The van der Waals surface area contributed by atoms with Crippen molar-refractivity contribution in [3.05, 3.63) is 29.3 Å². The maximum Gasteiger partial charge on any atom is 0.245 e. The van der Waals surface area contributed by atoms with E-state index in [1.54, 1.807) is 17.0 Å². The Kier molecular flexibility index (Phi) is 1.98. The van der Waals surface area contributed by atoms with Crippen LogP contribution in [-0.2, 0) is 4.79 Å². The highest BCUT2D eigenvalue weighted by molar-refractivity contribution is 6.30. The number of amides is 1. The molecule has 1 amide bonds. The fraction of sp³-hybridized carbons (Fsp3) is 0.222. The number of carbonyl (C=O) groups is 1. The molecule has 0 saturated carbocycles. The van der Waals surface area contributed by atoms with Gasteiger partial charge >= 0.3 is 0 Å². The van der Waals surface area contributed by atoms with E-state index in [0.717, 1.165) is 5.69 Å². The second-order valence-electron chi connectivity index (χ2n) is 3.03. The topological polar surface area (TPSA) is 46.3 Å². The minimum absolute atomic E-state index is 0.0256. The number of anilines is 1. The van der Waals surface area contributed by atoms with Crippen LogP contribution in [0.15, 0.2) is 24.3 Å². The monoisotopic (exact) mass is 196 g/mol. The standard InChI is InChI=1S/C9H9ClN2O/c10-6-1-3-7(4-2-6)12-5-8(11)9(12)13/h1-4,8H,5,11H2. The third kappa shape index (κ3) is 1.41. The van der Waals surface area contributed by atoms with E-state index >= 15 is 0 Å². The molecular formula is C9H9ClN2O. The van der Waals surface area contributed by atoms with Crippen molar-refractivity contribution in [3.63, 3.8) is 0 Å². The maximum absolute atomic E-state index is 11.2. The van der Waals surface area contributed by atoms with Gasteiger partial charge in [-0.25, -0.2) is 0 Å². The molecule has 1 saturated heterocycles. The normalized spacial score (nSPS) is 21.5. The van der Waals surface area contributed by atoms with Gasteiger partial charge in [0.15, 0.2) is 0 Å². The highest BCUT2D eigenvalue weighted by Gasteiger charge is 2.34. The number of benzene rings is 1. The zero-order chi connectivity index (χ0) is 9.42. The van der Waals surface area contributed by atoms with Crippen LogP contribution >= 0.6 is 11.6 Å². The number of hydrogen-bond donors (Lipinski definition) is 1. The Hall–Kier alpha value is -1.06. The van der Waals surface area contributed by atoms with E-state index in [1.165, 1.54) is 0 Å². The third-order valence-electron chi connectivity index (χ3n) is 2.10. The molecule has 1 atom stereocenters. The maximum atomic E-state index is 11.2. The van der Waals surface area contributed by atoms with Gasteiger partial charge in [-0.2, -0.15) is 0 Å². The molecule has 0 spiro atoms. The predicted octanol–water partition coefficient (Wildman–Crippen LogP) is 1.01. The first-order valence-electron chi connectivity index (χ1n) is 4.01. The van der Waals surface area contributed by atoms with Crippen molar-refractivity contribution < 1.29 is 4.79 Å². The van der Waals surface area contributed by atoms with Gasteiger partial charge in [-0.1, -0.05) is 11.6 Å². The van der Waals surface area contributed by atoms with Crippen LogP contribution in [0.2, 0.25) is 5.02 Å². The molecule has 13 heavy (non-hydrogen) atoms. The summed E-state index contributed by atoms with van der Waals surface area (Å²) in [6.45, 7) is 0.598. The van der Waals surface area contributed by atoms with E-state index < -0.39 is 0 Å². The average molecular weight is 197 g/mol. The second kappa shape index (κ2) is 3.01. The quantitative estimate of drug-likeness (QED) is 0.682. The van der Waals surface area contributed by atoms with Crippen LogP contribution in [0, 0.1) is 0 Å². The van der Waals surface area contributed by atoms with E-state index in [9.17, 15) is 4.79 Å². The summed E-state index contributed by atoms with van der Waals surface area (Å²) >= 11 is 5.71. The summed E-state index contributed by atoms with van der Waals surface area (Å²) in [5, 5.41) is 0.668. The van der Waals surface area contributed by atoms with Crippen molar-refractivity contribution in [2.24, 2.45) is 5.73 Å². The smallest absolute Gasteiger partial charge is 0.245 e. The van der Waals surface area contributed by atoms with Crippen LogP contribution in [0.5, 0.6) is 0 Å². The van der Waals surface area contributed by atoms with Gasteiger partial charge in [-0.05, 0) is 24.3 Å². The van der Waals surface area contributed by atoms with Crippen LogP contribution in [-0.4, -0.2) is 18.5 Å². The number of halogens is 1. The summed E-state index contributed by atoms with van der Waals surface area (Å²) in [5.41, 5.74) is 6.32. The van der Waals surface area contributed by atoms with Gasteiger partial charge < -0.3 is 10.6 Å². The lowest BCUT2D eigenvalue weighted by Crippen LogP contribution is -2.61. The van der Waals surface area contributed by atoms with Gasteiger partial charge in [0.2, 0.25) is 5.91 Å². The summed E-state index contributed by atoms with van der Waals surface area (Å²) < 4.78 is 0. The Morgan fingerprint density at radius 1 is 1.38 bits per heavy atom. The molecule has 4 heteroatoms. The average Bonchev–Trinajstić information content (AvgIpc) is 2.15. The van der Waals surface area contributed by atoms with Crippen LogP contribution in [0.3, 0.4) is 0 Å². The van der Waals surface area contributed by atoms with Crippen molar-refractivity contribution in [3.8, 4) is 0 Å². The molecule has 1 aromatic rings. The van der Waals surface area contributed by atoms with E-state index in [2.05, 4.69) is 0 Å². The summed E-state index contributed by atoms with van der Waals surface area (Å²) in [5.74, 6) is -0.0256. The highest BCUT2D eigenvalue weighted by atomic mass is 35.5. The predicted molar refractivity (Wildman–Crippen MR) is 51.8 cm³/mol. The van der Waals surface area contributed by atoms with Gasteiger partial charge in [-0.3, -0.25) is 4.79 Å². The Morgan fingerprint density at radius 2 is 2.00 bits per heavy atom. The van der Waals surface area contributed by atoms with Gasteiger partial charge in [0.1, 0.15) is 6.04 Å². The van der Waals surface area contributed by atoms with E-state index in [4.69, 9.17) is 17.3 Å². The minimum atomic E-state index is -0.323.